The van der Waals surface area contributed by atoms with Gasteiger partial charge in [-0.1, -0.05) is 18.2 Å². The Balaban J connectivity index is 2.74. The number of nitrogens with one attached hydrogen (secondary N) is 1. The Hall–Kier alpha value is -2.13. The van der Waals surface area contributed by atoms with E-state index >= 15 is 0 Å². The van der Waals surface area contributed by atoms with Crippen LogP contribution in [0.1, 0.15) is 11.1 Å². The maximum atomic E-state index is 12.8. The predicted molar refractivity (Wildman–Crippen MR) is 81.8 cm³/mol. The van der Waals surface area contributed by atoms with Gasteiger partial charge in [-0.05, 0) is 11.6 Å². The van der Waals surface area contributed by atoms with Crippen LogP contribution >= 0.6 is 0 Å². The molecule has 1 aromatic rings. The number of halogens is 3. The summed E-state index contributed by atoms with van der Waals surface area (Å²) in [5.74, 6) is -1.35. The van der Waals surface area contributed by atoms with Gasteiger partial charge in [0.25, 0.3) is 0 Å². The van der Waals surface area contributed by atoms with Gasteiger partial charge in [0.2, 0.25) is 5.91 Å². The lowest BCUT2D eigenvalue weighted by molar-refractivity contribution is -0.145. The molecule has 1 rings (SSSR count). The van der Waals surface area contributed by atoms with E-state index in [0.717, 1.165) is 19.2 Å². The molecule has 1 aromatic carbocycles. The first-order valence-electron chi connectivity index (χ1n) is 7.38. The minimum atomic E-state index is -4.49. The molecule has 0 saturated carbocycles. The van der Waals surface area contributed by atoms with Crippen LogP contribution in [-0.2, 0) is 36.4 Å². The molecular weight excluding hydrogens is 343 g/mol. The molecule has 6 nitrogen and oxygen atoms in total. The fourth-order valence-corrected chi connectivity index (χ4v) is 1.99. The summed E-state index contributed by atoms with van der Waals surface area (Å²) in [6.07, 6.45) is -4.63. The highest BCUT2D eigenvalue weighted by atomic mass is 19.4. The van der Waals surface area contributed by atoms with Gasteiger partial charge in [0.05, 0.1) is 25.9 Å². The van der Waals surface area contributed by atoms with Gasteiger partial charge in [-0.3, -0.25) is 4.79 Å². The Labute approximate surface area is 143 Å². The number of carbonyl (C=O) groups excluding carboxylic acids is 2. The van der Waals surface area contributed by atoms with E-state index in [2.05, 4.69) is 10.1 Å². The highest BCUT2D eigenvalue weighted by molar-refractivity contribution is 5.85. The van der Waals surface area contributed by atoms with Crippen LogP contribution in [0.5, 0.6) is 0 Å². The molecular formula is C16H20F3NO5. The van der Waals surface area contributed by atoms with Crippen molar-refractivity contribution in [2.45, 2.75) is 18.6 Å². The Morgan fingerprint density at radius 2 is 1.92 bits per heavy atom. The smallest absolute Gasteiger partial charge is 0.416 e. The van der Waals surface area contributed by atoms with Crippen molar-refractivity contribution in [1.82, 2.24) is 5.32 Å². The molecule has 1 amide bonds. The average Bonchev–Trinajstić information content (AvgIpc) is 2.57. The van der Waals surface area contributed by atoms with Crippen molar-refractivity contribution in [3.63, 3.8) is 0 Å². The highest BCUT2D eigenvalue weighted by Crippen LogP contribution is 2.29. The zero-order chi connectivity index (χ0) is 18.9. The molecule has 0 radical (unpaired) electrons. The molecule has 1 atom stereocenters. The molecule has 9 heteroatoms. The number of benzene rings is 1. The lowest BCUT2D eigenvalue weighted by Crippen LogP contribution is -2.44. The fraction of sp³-hybridized carbons (Fsp3) is 0.500. The number of amides is 1. The second-order valence-electron chi connectivity index (χ2n) is 5.09. The summed E-state index contributed by atoms with van der Waals surface area (Å²) in [5, 5.41) is 2.39. The fourth-order valence-electron chi connectivity index (χ4n) is 1.99. The standard InChI is InChI=1S/C16H20F3NO5/c1-23-6-7-25-10-14(21)20-13(15(22)24-2)9-11-4-3-5-12(8-11)16(17,18)19/h3-5,8,13H,6-7,9-10H2,1-2H3,(H,20,21)/t13-/m0/s1. The van der Waals surface area contributed by atoms with Crippen LogP contribution in [0, 0.1) is 0 Å². The third-order valence-corrected chi connectivity index (χ3v) is 3.18. The van der Waals surface area contributed by atoms with Crippen LogP contribution in [0.3, 0.4) is 0 Å². The summed E-state index contributed by atoms with van der Waals surface area (Å²) >= 11 is 0. The largest absolute Gasteiger partial charge is 0.467 e. The molecule has 0 aliphatic heterocycles. The van der Waals surface area contributed by atoms with Crippen LogP contribution < -0.4 is 5.32 Å². The summed E-state index contributed by atoms with van der Waals surface area (Å²) < 4.78 is 52.6. The van der Waals surface area contributed by atoms with Gasteiger partial charge in [-0.15, -0.1) is 0 Å². The van der Waals surface area contributed by atoms with Crippen LogP contribution in [0.15, 0.2) is 24.3 Å². The lowest BCUT2D eigenvalue weighted by atomic mass is 10.0. The van der Waals surface area contributed by atoms with Crippen molar-refractivity contribution >= 4 is 11.9 Å². The second-order valence-corrected chi connectivity index (χ2v) is 5.09. The summed E-state index contributed by atoms with van der Waals surface area (Å²) in [6, 6.07) is 3.41. The Morgan fingerprint density at radius 1 is 1.20 bits per heavy atom. The lowest BCUT2D eigenvalue weighted by Gasteiger charge is -2.17. The van der Waals surface area contributed by atoms with Crippen LogP contribution in [0.25, 0.3) is 0 Å². The van der Waals surface area contributed by atoms with E-state index in [1.807, 2.05) is 0 Å². The maximum Gasteiger partial charge on any atom is 0.416 e. The van der Waals surface area contributed by atoms with Gasteiger partial charge in [0.1, 0.15) is 12.6 Å². The number of alkyl halides is 3. The number of hydrogen-bond acceptors (Lipinski definition) is 5. The van der Waals surface area contributed by atoms with E-state index in [-0.39, 0.29) is 25.2 Å². The Bertz CT molecular complexity index is 577. The Morgan fingerprint density at radius 3 is 2.52 bits per heavy atom. The van der Waals surface area contributed by atoms with E-state index in [9.17, 15) is 22.8 Å². The predicted octanol–water partition coefficient (Wildman–Crippen LogP) is 1.57. The number of rotatable bonds is 9. The minimum absolute atomic E-state index is 0.138. The van der Waals surface area contributed by atoms with Gasteiger partial charge < -0.3 is 19.5 Å². The van der Waals surface area contributed by atoms with Crippen molar-refractivity contribution < 1.29 is 37.0 Å². The molecule has 0 heterocycles. The molecule has 0 saturated heterocycles. The van der Waals surface area contributed by atoms with E-state index in [4.69, 9.17) is 9.47 Å². The quantitative estimate of drug-likeness (QED) is 0.533. The van der Waals surface area contributed by atoms with E-state index < -0.39 is 29.7 Å². The topological polar surface area (TPSA) is 73.9 Å². The second kappa shape index (κ2) is 10.00. The Kier molecular flexibility index (Phi) is 8.36. The molecule has 0 unspecified atom stereocenters. The highest BCUT2D eigenvalue weighted by Gasteiger charge is 2.31. The number of carbonyl (C=O) groups is 2. The van der Waals surface area contributed by atoms with Gasteiger partial charge in [-0.25, -0.2) is 4.79 Å². The first kappa shape index (κ1) is 20.9. The minimum Gasteiger partial charge on any atom is -0.467 e. The van der Waals surface area contributed by atoms with Crippen molar-refractivity contribution in [3.8, 4) is 0 Å². The van der Waals surface area contributed by atoms with Crippen LogP contribution in [0.2, 0.25) is 0 Å². The normalized spacial score (nSPS) is 12.5. The zero-order valence-electron chi connectivity index (χ0n) is 13.9. The van der Waals surface area contributed by atoms with Crippen molar-refractivity contribution in [1.29, 1.82) is 0 Å². The zero-order valence-corrected chi connectivity index (χ0v) is 13.9. The van der Waals surface area contributed by atoms with Gasteiger partial charge in [-0.2, -0.15) is 13.2 Å². The van der Waals surface area contributed by atoms with Gasteiger partial charge in [0.15, 0.2) is 0 Å². The third-order valence-electron chi connectivity index (χ3n) is 3.18. The molecule has 0 spiro atoms. The van der Waals surface area contributed by atoms with E-state index in [0.29, 0.717) is 6.61 Å². The number of methoxy groups -OCH3 is 2. The van der Waals surface area contributed by atoms with Crippen LogP contribution in [-0.4, -0.2) is 52.0 Å². The van der Waals surface area contributed by atoms with Crippen molar-refractivity contribution in [3.05, 3.63) is 35.4 Å². The molecule has 0 bridgehead atoms. The third kappa shape index (κ3) is 7.53. The average molecular weight is 363 g/mol. The molecule has 0 fully saturated rings. The van der Waals surface area contributed by atoms with Gasteiger partial charge >= 0.3 is 12.1 Å². The number of ether oxygens (including phenoxy) is 3. The number of hydrogen-bond donors (Lipinski definition) is 1. The maximum absolute atomic E-state index is 12.8. The first-order chi connectivity index (χ1) is 11.8. The summed E-state index contributed by atoms with van der Waals surface area (Å²) in [4.78, 5) is 23.6. The molecule has 1 N–H and O–H groups in total. The molecule has 140 valence electrons. The van der Waals surface area contributed by atoms with Crippen molar-refractivity contribution in [2.75, 3.05) is 34.0 Å². The van der Waals surface area contributed by atoms with Crippen LogP contribution in [0.4, 0.5) is 13.2 Å². The number of esters is 1. The molecule has 25 heavy (non-hydrogen) atoms. The monoisotopic (exact) mass is 363 g/mol. The first-order valence-corrected chi connectivity index (χ1v) is 7.38. The molecule has 0 aliphatic carbocycles. The van der Waals surface area contributed by atoms with Crippen molar-refractivity contribution in [2.24, 2.45) is 0 Å². The molecule has 0 aromatic heterocycles. The van der Waals surface area contributed by atoms with Gasteiger partial charge in [0, 0.05) is 13.5 Å². The van der Waals surface area contributed by atoms with E-state index in [1.165, 1.54) is 19.2 Å². The molecule has 0 aliphatic rings. The SMILES string of the molecule is COCCOCC(=O)N[C@@H](Cc1cccc(C(F)(F)F)c1)C(=O)OC. The summed E-state index contributed by atoms with van der Waals surface area (Å²) in [6.45, 7) is 0.192. The summed E-state index contributed by atoms with van der Waals surface area (Å²) in [5.41, 5.74) is -0.589. The summed E-state index contributed by atoms with van der Waals surface area (Å²) in [7, 11) is 2.61. The van der Waals surface area contributed by atoms with E-state index in [1.54, 1.807) is 0 Å².